The van der Waals surface area contributed by atoms with Crippen molar-refractivity contribution in [3.8, 4) is 0 Å². The maximum Gasteiger partial charge on any atom is -0.0259 e. The molecule has 0 unspecified atom stereocenters. The molecular weight excluding hydrogens is 180 g/mol. The minimum Gasteiger partial charge on any atom is -0.0811 e. The van der Waals surface area contributed by atoms with Crippen molar-refractivity contribution in [2.24, 2.45) is 5.92 Å². The number of allylic oxidation sites excluding steroid dienone is 1. The molecule has 0 spiro atoms. The number of hydrogen-bond donors (Lipinski definition) is 0. The fourth-order valence-corrected chi connectivity index (χ4v) is 1.65. The SMILES string of the molecule is CCCCC[C@H](C)/C=C/c1ccccc1. The Labute approximate surface area is 94.0 Å². The molecule has 0 heteroatoms. The first kappa shape index (κ1) is 12.0. The molecule has 0 saturated carbocycles. The summed E-state index contributed by atoms with van der Waals surface area (Å²) < 4.78 is 0. The van der Waals surface area contributed by atoms with Crippen LogP contribution in [0.5, 0.6) is 0 Å². The predicted molar refractivity (Wildman–Crippen MR) is 68.8 cm³/mol. The molecule has 0 heterocycles. The van der Waals surface area contributed by atoms with Crippen LogP contribution < -0.4 is 0 Å². The lowest BCUT2D eigenvalue weighted by Crippen LogP contribution is -1.89. The summed E-state index contributed by atoms with van der Waals surface area (Å²) in [5, 5.41) is 0. The van der Waals surface area contributed by atoms with Crippen LogP contribution in [-0.2, 0) is 0 Å². The third-order valence-electron chi connectivity index (χ3n) is 2.68. The number of hydrogen-bond acceptors (Lipinski definition) is 0. The van der Waals surface area contributed by atoms with E-state index in [9.17, 15) is 0 Å². The molecule has 1 rings (SSSR count). The molecule has 0 aliphatic rings. The molecule has 1 atom stereocenters. The van der Waals surface area contributed by atoms with E-state index in [2.05, 4.69) is 56.3 Å². The van der Waals surface area contributed by atoms with E-state index in [0.29, 0.717) is 5.92 Å². The first-order valence-electron chi connectivity index (χ1n) is 6.06. The molecule has 0 saturated heterocycles. The van der Waals surface area contributed by atoms with E-state index in [0.717, 1.165) is 0 Å². The van der Waals surface area contributed by atoms with Gasteiger partial charge in [0.05, 0.1) is 0 Å². The van der Waals surface area contributed by atoms with Gasteiger partial charge < -0.3 is 0 Å². The maximum atomic E-state index is 2.32. The van der Waals surface area contributed by atoms with Crippen molar-refractivity contribution in [2.75, 3.05) is 0 Å². The Hall–Kier alpha value is -1.04. The van der Waals surface area contributed by atoms with Crippen molar-refractivity contribution >= 4 is 6.08 Å². The van der Waals surface area contributed by atoms with Crippen molar-refractivity contribution in [2.45, 2.75) is 39.5 Å². The van der Waals surface area contributed by atoms with Crippen LogP contribution in [0.4, 0.5) is 0 Å². The average molecular weight is 202 g/mol. The Bertz CT molecular complexity index is 271. The zero-order valence-corrected chi connectivity index (χ0v) is 9.95. The van der Waals surface area contributed by atoms with E-state index in [-0.39, 0.29) is 0 Å². The Morgan fingerprint density at radius 2 is 1.87 bits per heavy atom. The summed E-state index contributed by atoms with van der Waals surface area (Å²) in [7, 11) is 0. The first-order valence-corrected chi connectivity index (χ1v) is 6.06. The first-order chi connectivity index (χ1) is 7.33. The van der Waals surface area contributed by atoms with Crippen molar-refractivity contribution in [1.29, 1.82) is 0 Å². The second kappa shape index (κ2) is 7.28. The van der Waals surface area contributed by atoms with E-state index >= 15 is 0 Å². The Balaban J connectivity index is 2.31. The smallest absolute Gasteiger partial charge is 0.0259 e. The Morgan fingerprint density at radius 1 is 1.13 bits per heavy atom. The van der Waals surface area contributed by atoms with Crippen LogP contribution in [0.2, 0.25) is 0 Å². The molecule has 0 radical (unpaired) electrons. The van der Waals surface area contributed by atoms with E-state index in [1.54, 1.807) is 0 Å². The number of benzene rings is 1. The van der Waals surface area contributed by atoms with Gasteiger partial charge in [-0.2, -0.15) is 0 Å². The molecule has 0 N–H and O–H groups in total. The Kier molecular flexibility index (Phi) is 5.84. The van der Waals surface area contributed by atoms with Gasteiger partial charge in [0.25, 0.3) is 0 Å². The molecule has 0 aromatic heterocycles. The largest absolute Gasteiger partial charge is 0.0811 e. The minimum absolute atomic E-state index is 0.705. The standard InChI is InChI=1S/C15H22/c1-3-4-6-9-14(2)12-13-15-10-7-5-8-11-15/h5,7-8,10-14H,3-4,6,9H2,1-2H3/b13-12+/t14-/m0/s1. The van der Waals surface area contributed by atoms with E-state index < -0.39 is 0 Å². The molecular formula is C15H22. The van der Waals surface area contributed by atoms with Gasteiger partial charge in [0.2, 0.25) is 0 Å². The van der Waals surface area contributed by atoms with E-state index in [1.165, 1.54) is 31.2 Å². The summed E-state index contributed by atoms with van der Waals surface area (Å²) in [4.78, 5) is 0. The highest BCUT2D eigenvalue weighted by atomic mass is 14.0. The van der Waals surface area contributed by atoms with Gasteiger partial charge in [0.15, 0.2) is 0 Å². The molecule has 0 nitrogen and oxygen atoms in total. The fourth-order valence-electron chi connectivity index (χ4n) is 1.65. The lowest BCUT2D eigenvalue weighted by atomic mass is 10.0. The van der Waals surface area contributed by atoms with Crippen molar-refractivity contribution < 1.29 is 0 Å². The van der Waals surface area contributed by atoms with E-state index in [4.69, 9.17) is 0 Å². The topological polar surface area (TPSA) is 0 Å². The van der Waals surface area contributed by atoms with E-state index in [1.807, 2.05) is 0 Å². The highest BCUT2D eigenvalue weighted by Gasteiger charge is 1.95. The molecule has 0 fully saturated rings. The molecule has 82 valence electrons. The lowest BCUT2D eigenvalue weighted by Gasteiger charge is -2.04. The molecule has 0 bridgehead atoms. The molecule has 1 aromatic rings. The van der Waals surface area contributed by atoms with Crippen molar-refractivity contribution in [3.63, 3.8) is 0 Å². The second-order valence-electron chi connectivity index (χ2n) is 4.24. The third kappa shape index (κ3) is 5.41. The number of rotatable bonds is 6. The van der Waals surface area contributed by atoms with Crippen LogP contribution >= 0.6 is 0 Å². The monoisotopic (exact) mass is 202 g/mol. The van der Waals surface area contributed by atoms with Crippen molar-refractivity contribution in [1.82, 2.24) is 0 Å². The van der Waals surface area contributed by atoms with Gasteiger partial charge in [0, 0.05) is 0 Å². The summed E-state index contributed by atoms with van der Waals surface area (Å²) in [5.74, 6) is 0.705. The zero-order chi connectivity index (χ0) is 10.9. The lowest BCUT2D eigenvalue weighted by molar-refractivity contribution is 0.577. The fraction of sp³-hybridized carbons (Fsp3) is 0.467. The molecule has 0 aliphatic carbocycles. The normalized spacial score (nSPS) is 13.2. The second-order valence-corrected chi connectivity index (χ2v) is 4.24. The van der Waals surface area contributed by atoms with Crippen LogP contribution in [0.15, 0.2) is 36.4 Å². The molecule has 15 heavy (non-hydrogen) atoms. The average Bonchev–Trinajstić information content (AvgIpc) is 2.28. The van der Waals surface area contributed by atoms with Gasteiger partial charge in [-0.05, 0) is 17.9 Å². The maximum absolute atomic E-state index is 2.32. The van der Waals surface area contributed by atoms with Crippen molar-refractivity contribution in [3.05, 3.63) is 42.0 Å². The molecule has 1 aromatic carbocycles. The van der Waals surface area contributed by atoms with Gasteiger partial charge in [-0.1, -0.05) is 75.6 Å². The summed E-state index contributed by atoms with van der Waals surface area (Å²) >= 11 is 0. The highest BCUT2D eigenvalue weighted by Crippen LogP contribution is 2.12. The number of unbranched alkanes of at least 4 members (excludes halogenated alkanes) is 2. The third-order valence-corrected chi connectivity index (χ3v) is 2.68. The van der Waals surface area contributed by atoms with Gasteiger partial charge in [-0.3, -0.25) is 0 Å². The van der Waals surface area contributed by atoms with Gasteiger partial charge >= 0.3 is 0 Å². The molecule has 0 amide bonds. The highest BCUT2D eigenvalue weighted by molar-refractivity contribution is 5.48. The van der Waals surface area contributed by atoms with Gasteiger partial charge in [-0.15, -0.1) is 0 Å². The van der Waals surface area contributed by atoms with Crippen LogP contribution in [0, 0.1) is 5.92 Å². The molecule has 0 aliphatic heterocycles. The van der Waals surface area contributed by atoms with Gasteiger partial charge in [-0.25, -0.2) is 0 Å². The predicted octanol–water partition coefficient (Wildman–Crippen LogP) is 4.92. The van der Waals surface area contributed by atoms with Crippen LogP contribution in [-0.4, -0.2) is 0 Å². The van der Waals surface area contributed by atoms with Crippen LogP contribution in [0.1, 0.15) is 45.1 Å². The van der Waals surface area contributed by atoms with Crippen LogP contribution in [0.3, 0.4) is 0 Å². The summed E-state index contributed by atoms with van der Waals surface area (Å²) in [6, 6.07) is 10.5. The minimum atomic E-state index is 0.705. The quantitative estimate of drug-likeness (QED) is 0.575. The van der Waals surface area contributed by atoms with Gasteiger partial charge in [0.1, 0.15) is 0 Å². The summed E-state index contributed by atoms with van der Waals surface area (Å²) in [6.07, 6.45) is 9.91. The summed E-state index contributed by atoms with van der Waals surface area (Å²) in [6.45, 7) is 4.56. The Morgan fingerprint density at radius 3 is 2.53 bits per heavy atom. The van der Waals surface area contributed by atoms with Crippen LogP contribution in [0.25, 0.3) is 6.08 Å². The zero-order valence-electron chi connectivity index (χ0n) is 9.95. The summed E-state index contributed by atoms with van der Waals surface area (Å²) in [5.41, 5.74) is 1.31.